The lowest BCUT2D eigenvalue weighted by atomic mass is 10.2. The SMILES string of the molecule is CCc1ccc(OCC(=O)NNC(=O)C(C)C)cc1. The maximum Gasteiger partial charge on any atom is 0.276 e. The number of ether oxygens (including phenoxy) is 1. The van der Waals surface area contributed by atoms with Crippen molar-refractivity contribution in [3.05, 3.63) is 29.8 Å². The maximum absolute atomic E-state index is 11.4. The van der Waals surface area contributed by atoms with E-state index in [0.717, 1.165) is 6.42 Å². The van der Waals surface area contributed by atoms with E-state index < -0.39 is 5.91 Å². The molecule has 104 valence electrons. The Morgan fingerprint density at radius 3 is 2.32 bits per heavy atom. The largest absolute Gasteiger partial charge is 0.484 e. The second-order valence-corrected chi connectivity index (χ2v) is 4.48. The summed E-state index contributed by atoms with van der Waals surface area (Å²) in [5.74, 6) is -0.181. The van der Waals surface area contributed by atoms with E-state index in [1.807, 2.05) is 24.3 Å². The summed E-state index contributed by atoms with van der Waals surface area (Å²) >= 11 is 0. The van der Waals surface area contributed by atoms with Crippen LogP contribution in [0, 0.1) is 5.92 Å². The van der Waals surface area contributed by atoms with E-state index in [0.29, 0.717) is 5.75 Å². The Morgan fingerprint density at radius 1 is 1.16 bits per heavy atom. The minimum absolute atomic E-state index is 0.135. The highest BCUT2D eigenvalue weighted by Crippen LogP contribution is 2.12. The normalized spacial score (nSPS) is 10.1. The molecule has 1 aromatic carbocycles. The number of benzene rings is 1. The van der Waals surface area contributed by atoms with Crippen molar-refractivity contribution >= 4 is 11.8 Å². The highest BCUT2D eigenvalue weighted by Gasteiger charge is 2.08. The van der Waals surface area contributed by atoms with Gasteiger partial charge in [-0.15, -0.1) is 0 Å². The standard InChI is InChI=1S/C14H20N2O3/c1-4-11-5-7-12(8-6-11)19-9-13(17)15-16-14(18)10(2)3/h5-8,10H,4,9H2,1-3H3,(H,15,17)(H,16,18). The number of hydrogen-bond acceptors (Lipinski definition) is 3. The van der Waals surface area contributed by atoms with Crippen molar-refractivity contribution in [1.29, 1.82) is 0 Å². The van der Waals surface area contributed by atoms with E-state index in [2.05, 4.69) is 17.8 Å². The molecule has 0 fully saturated rings. The molecule has 0 aliphatic rings. The Balaban J connectivity index is 2.31. The van der Waals surface area contributed by atoms with E-state index in [1.165, 1.54) is 5.56 Å². The lowest BCUT2D eigenvalue weighted by Crippen LogP contribution is -2.45. The third-order valence-corrected chi connectivity index (χ3v) is 2.55. The molecule has 0 radical (unpaired) electrons. The summed E-state index contributed by atoms with van der Waals surface area (Å²) in [5, 5.41) is 0. The van der Waals surface area contributed by atoms with Gasteiger partial charge >= 0.3 is 0 Å². The minimum atomic E-state index is -0.395. The molecular formula is C14H20N2O3. The van der Waals surface area contributed by atoms with Crippen LogP contribution in [-0.4, -0.2) is 18.4 Å². The van der Waals surface area contributed by atoms with Crippen LogP contribution in [0.5, 0.6) is 5.75 Å². The number of hydrogen-bond donors (Lipinski definition) is 2. The number of aryl methyl sites for hydroxylation is 1. The van der Waals surface area contributed by atoms with Gasteiger partial charge in [0.15, 0.2) is 6.61 Å². The van der Waals surface area contributed by atoms with Gasteiger partial charge < -0.3 is 4.74 Å². The molecule has 2 amide bonds. The number of nitrogens with one attached hydrogen (secondary N) is 2. The molecule has 0 spiro atoms. The van der Waals surface area contributed by atoms with Crippen molar-refractivity contribution < 1.29 is 14.3 Å². The van der Waals surface area contributed by atoms with Gasteiger partial charge in [0.1, 0.15) is 5.75 Å². The first-order valence-corrected chi connectivity index (χ1v) is 6.33. The Hall–Kier alpha value is -2.04. The first kappa shape index (κ1) is 15.0. The minimum Gasteiger partial charge on any atom is -0.484 e. The molecule has 2 N–H and O–H groups in total. The van der Waals surface area contributed by atoms with Gasteiger partial charge in [-0.2, -0.15) is 0 Å². The molecule has 19 heavy (non-hydrogen) atoms. The van der Waals surface area contributed by atoms with Crippen LogP contribution < -0.4 is 15.6 Å². The van der Waals surface area contributed by atoms with Crippen molar-refractivity contribution in [2.24, 2.45) is 5.92 Å². The quantitative estimate of drug-likeness (QED) is 0.791. The fraction of sp³-hybridized carbons (Fsp3) is 0.429. The molecule has 0 saturated heterocycles. The third-order valence-electron chi connectivity index (χ3n) is 2.55. The number of hydrazine groups is 1. The van der Waals surface area contributed by atoms with E-state index in [1.54, 1.807) is 13.8 Å². The zero-order valence-electron chi connectivity index (χ0n) is 11.5. The molecule has 0 bridgehead atoms. The molecule has 0 heterocycles. The van der Waals surface area contributed by atoms with E-state index in [-0.39, 0.29) is 18.4 Å². The van der Waals surface area contributed by atoms with Gasteiger partial charge in [0, 0.05) is 5.92 Å². The summed E-state index contributed by atoms with van der Waals surface area (Å²) in [7, 11) is 0. The molecule has 0 atom stereocenters. The fourth-order valence-corrected chi connectivity index (χ4v) is 1.28. The fourth-order valence-electron chi connectivity index (χ4n) is 1.28. The monoisotopic (exact) mass is 264 g/mol. The molecule has 1 rings (SSSR count). The van der Waals surface area contributed by atoms with Gasteiger partial charge in [-0.05, 0) is 24.1 Å². The van der Waals surface area contributed by atoms with Gasteiger partial charge in [0.25, 0.3) is 5.91 Å². The van der Waals surface area contributed by atoms with Crippen LogP contribution in [-0.2, 0) is 16.0 Å². The number of amides is 2. The van der Waals surface area contributed by atoms with Crippen LogP contribution in [0.4, 0.5) is 0 Å². The zero-order valence-corrected chi connectivity index (χ0v) is 11.5. The predicted octanol–water partition coefficient (Wildman–Crippen LogP) is 1.43. The van der Waals surface area contributed by atoms with Gasteiger partial charge in [-0.3, -0.25) is 20.4 Å². The molecule has 1 aromatic rings. The average molecular weight is 264 g/mol. The van der Waals surface area contributed by atoms with Gasteiger partial charge in [-0.1, -0.05) is 32.9 Å². The van der Waals surface area contributed by atoms with Crippen LogP contribution in [0.25, 0.3) is 0 Å². The Labute approximate surface area is 113 Å². The van der Waals surface area contributed by atoms with Gasteiger partial charge in [-0.25, -0.2) is 0 Å². The summed E-state index contributed by atoms with van der Waals surface area (Å²) in [6, 6.07) is 7.54. The highest BCUT2D eigenvalue weighted by molar-refractivity contribution is 5.83. The smallest absolute Gasteiger partial charge is 0.276 e. The summed E-state index contributed by atoms with van der Waals surface area (Å²) in [6.07, 6.45) is 0.960. The Morgan fingerprint density at radius 2 is 1.79 bits per heavy atom. The summed E-state index contributed by atoms with van der Waals surface area (Å²) in [5.41, 5.74) is 5.82. The summed E-state index contributed by atoms with van der Waals surface area (Å²) in [4.78, 5) is 22.6. The second-order valence-electron chi connectivity index (χ2n) is 4.48. The number of rotatable bonds is 5. The second kappa shape index (κ2) is 7.41. The van der Waals surface area contributed by atoms with E-state index in [9.17, 15) is 9.59 Å². The van der Waals surface area contributed by atoms with Crippen LogP contribution in [0.1, 0.15) is 26.3 Å². The first-order valence-electron chi connectivity index (χ1n) is 6.33. The van der Waals surface area contributed by atoms with E-state index >= 15 is 0 Å². The topological polar surface area (TPSA) is 67.4 Å². The molecular weight excluding hydrogens is 244 g/mol. The predicted molar refractivity (Wildman–Crippen MR) is 72.4 cm³/mol. The number of carbonyl (C=O) groups is 2. The lowest BCUT2D eigenvalue weighted by molar-refractivity contribution is -0.131. The van der Waals surface area contributed by atoms with Crippen LogP contribution in [0.2, 0.25) is 0 Å². The van der Waals surface area contributed by atoms with Crippen LogP contribution >= 0.6 is 0 Å². The van der Waals surface area contributed by atoms with Gasteiger partial charge in [0.05, 0.1) is 0 Å². The zero-order chi connectivity index (χ0) is 14.3. The highest BCUT2D eigenvalue weighted by atomic mass is 16.5. The molecule has 0 saturated carbocycles. The van der Waals surface area contributed by atoms with Crippen molar-refractivity contribution in [2.45, 2.75) is 27.2 Å². The summed E-state index contributed by atoms with van der Waals surface area (Å²) in [6.45, 7) is 5.42. The van der Waals surface area contributed by atoms with Crippen molar-refractivity contribution in [1.82, 2.24) is 10.9 Å². The average Bonchev–Trinajstić information content (AvgIpc) is 2.42. The van der Waals surface area contributed by atoms with Crippen molar-refractivity contribution in [3.8, 4) is 5.75 Å². The molecule has 5 heteroatoms. The molecule has 0 aliphatic heterocycles. The first-order chi connectivity index (χ1) is 9.02. The lowest BCUT2D eigenvalue weighted by Gasteiger charge is -2.10. The Kier molecular flexibility index (Phi) is 5.85. The van der Waals surface area contributed by atoms with E-state index in [4.69, 9.17) is 4.74 Å². The van der Waals surface area contributed by atoms with Crippen LogP contribution in [0.3, 0.4) is 0 Å². The van der Waals surface area contributed by atoms with Crippen LogP contribution in [0.15, 0.2) is 24.3 Å². The van der Waals surface area contributed by atoms with Crippen molar-refractivity contribution in [2.75, 3.05) is 6.61 Å². The molecule has 5 nitrogen and oxygen atoms in total. The van der Waals surface area contributed by atoms with Gasteiger partial charge in [0.2, 0.25) is 5.91 Å². The maximum atomic E-state index is 11.4. The number of carbonyl (C=O) groups excluding carboxylic acids is 2. The molecule has 0 aliphatic carbocycles. The molecule has 0 unspecified atom stereocenters. The summed E-state index contributed by atoms with van der Waals surface area (Å²) < 4.78 is 5.30. The van der Waals surface area contributed by atoms with Crippen molar-refractivity contribution in [3.63, 3.8) is 0 Å². The third kappa shape index (κ3) is 5.42. The Bertz CT molecular complexity index is 427. The molecule has 0 aromatic heterocycles.